The molecule has 0 aliphatic heterocycles. The molecule has 4 aromatic rings. The number of hydrogen-bond donors (Lipinski definition) is 1. The Labute approximate surface area is 218 Å². The highest BCUT2D eigenvalue weighted by molar-refractivity contribution is 7.92. The standard InChI is InChI=1S/C29H30N4O3S/c1-21-13-15-26(16-14-21)32(37(35,36)28-11-6-5-7-12-28)20-29(34)31-30-19-25-18-23(3)33(24(25)4)27-10-8-9-22(2)17-27/h5-19H,20H2,1-4H3,(H,31,34)/b30-19-. The Bertz CT molecular complexity index is 1540. The molecule has 0 saturated heterocycles. The van der Waals surface area contributed by atoms with Crippen LogP contribution in [0.1, 0.15) is 28.1 Å². The highest BCUT2D eigenvalue weighted by atomic mass is 32.2. The van der Waals surface area contributed by atoms with Crippen LogP contribution in [0.25, 0.3) is 5.69 Å². The lowest BCUT2D eigenvalue weighted by molar-refractivity contribution is -0.119. The fraction of sp³-hybridized carbons (Fsp3) is 0.172. The van der Waals surface area contributed by atoms with Crippen molar-refractivity contribution in [2.45, 2.75) is 32.6 Å². The van der Waals surface area contributed by atoms with Crippen LogP contribution in [0.3, 0.4) is 0 Å². The Morgan fingerprint density at radius 3 is 2.27 bits per heavy atom. The lowest BCUT2D eigenvalue weighted by Crippen LogP contribution is -2.39. The van der Waals surface area contributed by atoms with E-state index in [0.717, 1.165) is 38.1 Å². The Hall–Kier alpha value is -4.17. The summed E-state index contributed by atoms with van der Waals surface area (Å²) < 4.78 is 30.0. The van der Waals surface area contributed by atoms with Crippen LogP contribution in [0.15, 0.2) is 94.9 Å². The molecule has 1 amide bonds. The number of aryl methyl sites for hydroxylation is 3. The van der Waals surface area contributed by atoms with Gasteiger partial charge in [-0.15, -0.1) is 0 Å². The van der Waals surface area contributed by atoms with Gasteiger partial charge in [-0.2, -0.15) is 5.10 Å². The summed E-state index contributed by atoms with van der Waals surface area (Å²) in [4.78, 5) is 12.9. The third-order valence-electron chi connectivity index (χ3n) is 6.06. The summed E-state index contributed by atoms with van der Waals surface area (Å²) in [5, 5.41) is 4.12. The average Bonchev–Trinajstić information content (AvgIpc) is 3.16. The number of hydrogen-bond acceptors (Lipinski definition) is 4. The number of anilines is 1. The molecule has 0 aliphatic rings. The summed E-state index contributed by atoms with van der Waals surface area (Å²) in [6.45, 7) is 7.55. The third kappa shape index (κ3) is 5.81. The summed E-state index contributed by atoms with van der Waals surface area (Å²) in [6, 6.07) is 25.3. The van der Waals surface area contributed by atoms with E-state index < -0.39 is 22.5 Å². The molecule has 8 heteroatoms. The topological polar surface area (TPSA) is 83.8 Å². The van der Waals surface area contributed by atoms with E-state index in [1.807, 2.05) is 64.1 Å². The molecular formula is C29H30N4O3S. The molecule has 4 rings (SSSR count). The maximum Gasteiger partial charge on any atom is 0.264 e. The van der Waals surface area contributed by atoms with E-state index in [9.17, 15) is 13.2 Å². The van der Waals surface area contributed by atoms with E-state index >= 15 is 0 Å². The molecule has 1 heterocycles. The number of sulfonamides is 1. The smallest absolute Gasteiger partial charge is 0.264 e. The van der Waals surface area contributed by atoms with Gasteiger partial charge < -0.3 is 4.57 Å². The number of carbonyl (C=O) groups excluding carboxylic acids is 1. The van der Waals surface area contributed by atoms with Gasteiger partial charge in [0.25, 0.3) is 15.9 Å². The zero-order valence-corrected chi connectivity index (χ0v) is 22.2. The van der Waals surface area contributed by atoms with E-state index in [2.05, 4.69) is 21.2 Å². The second kappa shape index (κ2) is 10.8. The molecule has 0 saturated carbocycles. The molecule has 0 atom stereocenters. The van der Waals surface area contributed by atoms with Crippen molar-refractivity contribution in [1.29, 1.82) is 0 Å². The predicted octanol–water partition coefficient (Wildman–Crippen LogP) is 5.06. The quantitative estimate of drug-likeness (QED) is 0.264. The summed E-state index contributed by atoms with van der Waals surface area (Å²) in [5.74, 6) is -0.552. The van der Waals surface area contributed by atoms with Crippen LogP contribution in [0.4, 0.5) is 5.69 Å². The molecule has 0 bridgehead atoms. The average molecular weight is 515 g/mol. The van der Waals surface area contributed by atoms with Crippen molar-refractivity contribution >= 4 is 27.8 Å². The molecule has 7 nitrogen and oxygen atoms in total. The number of rotatable bonds is 8. The molecule has 0 spiro atoms. The van der Waals surface area contributed by atoms with Crippen molar-refractivity contribution in [2.24, 2.45) is 5.10 Å². The van der Waals surface area contributed by atoms with Crippen molar-refractivity contribution in [2.75, 3.05) is 10.8 Å². The summed E-state index contributed by atoms with van der Waals surface area (Å²) in [5.41, 5.74) is 8.96. The van der Waals surface area contributed by atoms with Gasteiger partial charge in [0, 0.05) is 22.6 Å². The van der Waals surface area contributed by atoms with Gasteiger partial charge in [0.1, 0.15) is 6.54 Å². The minimum absolute atomic E-state index is 0.107. The van der Waals surface area contributed by atoms with Gasteiger partial charge in [-0.05, 0) is 75.7 Å². The van der Waals surface area contributed by atoms with Crippen LogP contribution in [0.2, 0.25) is 0 Å². The van der Waals surface area contributed by atoms with Crippen LogP contribution < -0.4 is 9.73 Å². The van der Waals surface area contributed by atoms with Gasteiger partial charge in [-0.3, -0.25) is 9.10 Å². The van der Waals surface area contributed by atoms with Crippen molar-refractivity contribution in [3.05, 3.63) is 113 Å². The minimum atomic E-state index is -3.97. The third-order valence-corrected chi connectivity index (χ3v) is 7.85. The highest BCUT2D eigenvalue weighted by Gasteiger charge is 2.27. The Morgan fingerprint density at radius 2 is 1.59 bits per heavy atom. The van der Waals surface area contributed by atoms with Gasteiger partial charge in [-0.1, -0.05) is 48.0 Å². The van der Waals surface area contributed by atoms with Gasteiger partial charge in [-0.25, -0.2) is 13.8 Å². The van der Waals surface area contributed by atoms with Gasteiger partial charge >= 0.3 is 0 Å². The van der Waals surface area contributed by atoms with E-state index in [1.54, 1.807) is 36.5 Å². The summed E-state index contributed by atoms with van der Waals surface area (Å²) in [6.07, 6.45) is 1.58. The molecule has 190 valence electrons. The molecule has 1 aromatic heterocycles. The van der Waals surface area contributed by atoms with E-state index in [0.29, 0.717) is 5.69 Å². The van der Waals surface area contributed by atoms with Crippen molar-refractivity contribution < 1.29 is 13.2 Å². The number of nitrogens with zero attached hydrogens (tertiary/aromatic N) is 3. The molecule has 0 fully saturated rings. The van der Waals surface area contributed by atoms with Crippen molar-refractivity contribution in [1.82, 2.24) is 9.99 Å². The van der Waals surface area contributed by atoms with Crippen LogP contribution in [-0.4, -0.2) is 31.7 Å². The second-order valence-electron chi connectivity index (χ2n) is 8.95. The normalized spacial score (nSPS) is 11.6. The van der Waals surface area contributed by atoms with E-state index in [1.165, 1.54) is 12.1 Å². The van der Waals surface area contributed by atoms with Gasteiger partial charge in [0.2, 0.25) is 0 Å². The van der Waals surface area contributed by atoms with Gasteiger partial charge in [0.15, 0.2) is 0 Å². The van der Waals surface area contributed by atoms with Crippen molar-refractivity contribution in [3.8, 4) is 5.69 Å². The Balaban J connectivity index is 1.54. The molecular weight excluding hydrogens is 484 g/mol. The lowest BCUT2D eigenvalue weighted by atomic mass is 10.2. The number of nitrogens with one attached hydrogen (secondary N) is 1. The Morgan fingerprint density at radius 1 is 0.892 bits per heavy atom. The minimum Gasteiger partial charge on any atom is -0.318 e. The largest absolute Gasteiger partial charge is 0.318 e. The zero-order chi connectivity index (χ0) is 26.6. The Kier molecular flexibility index (Phi) is 7.59. The first-order valence-corrected chi connectivity index (χ1v) is 13.3. The summed E-state index contributed by atoms with van der Waals surface area (Å²) in [7, 11) is -3.97. The van der Waals surface area contributed by atoms with E-state index in [-0.39, 0.29) is 4.90 Å². The van der Waals surface area contributed by atoms with Gasteiger partial charge in [0.05, 0.1) is 16.8 Å². The number of carbonyl (C=O) groups is 1. The van der Waals surface area contributed by atoms with Crippen LogP contribution in [0.5, 0.6) is 0 Å². The van der Waals surface area contributed by atoms with Crippen LogP contribution >= 0.6 is 0 Å². The lowest BCUT2D eigenvalue weighted by Gasteiger charge is -2.23. The van der Waals surface area contributed by atoms with Crippen LogP contribution in [-0.2, 0) is 14.8 Å². The molecule has 0 aliphatic carbocycles. The molecule has 37 heavy (non-hydrogen) atoms. The number of aromatic nitrogens is 1. The first kappa shape index (κ1) is 25.9. The van der Waals surface area contributed by atoms with Crippen molar-refractivity contribution in [3.63, 3.8) is 0 Å². The number of benzene rings is 3. The molecule has 0 radical (unpaired) electrons. The fourth-order valence-electron chi connectivity index (χ4n) is 4.17. The zero-order valence-electron chi connectivity index (χ0n) is 21.3. The summed E-state index contributed by atoms with van der Waals surface area (Å²) >= 11 is 0. The maximum atomic E-state index is 13.4. The van der Waals surface area contributed by atoms with Crippen LogP contribution in [0, 0.1) is 27.7 Å². The monoisotopic (exact) mass is 514 g/mol. The SMILES string of the molecule is Cc1ccc(N(CC(=O)N/N=C\c2cc(C)n(-c3cccc(C)c3)c2C)S(=O)(=O)c2ccccc2)cc1. The first-order chi connectivity index (χ1) is 17.7. The number of hydrazone groups is 1. The molecule has 1 N–H and O–H groups in total. The number of amides is 1. The fourth-order valence-corrected chi connectivity index (χ4v) is 5.61. The predicted molar refractivity (Wildman–Crippen MR) is 148 cm³/mol. The first-order valence-electron chi connectivity index (χ1n) is 11.9. The maximum absolute atomic E-state index is 13.4. The second-order valence-corrected chi connectivity index (χ2v) is 10.8. The molecule has 3 aromatic carbocycles. The molecule has 0 unspecified atom stereocenters. The highest BCUT2D eigenvalue weighted by Crippen LogP contribution is 2.24. The van der Waals surface area contributed by atoms with E-state index in [4.69, 9.17) is 0 Å².